The first-order valence-corrected chi connectivity index (χ1v) is 16.6. The molecule has 10 nitrogen and oxygen atoms in total. The zero-order valence-electron chi connectivity index (χ0n) is 26.9. The lowest BCUT2D eigenvalue weighted by molar-refractivity contribution is 0.0218. The van der Waals surface area contributed by atoms with Crippen molar-refractivity contribution in [2.75, 3.05) is 13.1 Å². The third kappa shape index (κ3) is 6.93. The molecular weight excluding hydrogens is 586 g/mol. The maximum absolute atomic E-state index is 12.9. The lowest BCUT2D eigenvalue weighted by Gasteiger charge is -2.28. The van der Waals surface area contributed by atoms with E-state index in [0.717, 1.165) is 76.1 Å². The fourth-order valence-corrected chi connectivity index (χ4v) is 6.99. The summed E-state index contributed by atoms with van der Waals surface area (Å²) in [5, 5.41) is 3.08. The zero-order valence-corrected chi connectivity index (χ0v) is 27.8. The van der Waals surface area contributed by atoms with E-state index < -0.39 is 5.60 Å². The maximum Gasteiger partial charge on any atom is 0.410 e. The van der Waals surface area contributed by atoms with Gasteiger partial charge in [0.05, 0.1) is 40.7 Å². The van der Waals surface area contributed by atoms with Crippen LogP contribution in [0.1, 0.15) is 91.0 Å². The van der Waals surface area contributed by atoms with Gasteiger partial charge in [-0.05, 0) is 90.5 Å². The van der Waals surface area contributed by atoms with E-state index in [4.69, 9.17) is 4.74 Å². The number of imidazole rings is 2. The number of hydrogen-bond donors (Lipinski definition) is 3. The first-order chi connectivity index (χ1) is 21.3. The average Bonchev–Trinajstić information content (AvgIpc) is 3.80. The van der Waals surface area contributed by atoms with Crippen LogP contribution in [0.3, 0.4) is 0 Å². The number of rotatable bonds is 5. The van der Waals surface area contributed by atoms with Crippen LogP contribution in [0.25, 0.3) is 32.3 Å². The summed E-state index contributed by atoms with van der Waals surface area (Å²) in [6, 6.07) is 12.5. The van der Waals surface area contributed by atoms with Gasteiger partial charge in [0.2, 0.25) is 0 Å². The number of aromatic amines is 2. The molecule has 3 aromatic heterocycles. The number of ether oxygens (including phenoxy) is 1. The molecule has 6 rings (SSSR count). The quantitative estimate of drug-likeness (QED) is 0.207. The summed E-state index contributed by atoms with van der Waals surface area (Å²) in [6.07, 6.45) is 7.05. The van der Waals surface area contributed by atoms with Crippen LogP contribution < -0.4 is 5.32 Å². The Morgan fingerprint density at radius 2 is 1.36 bits per heavy atom. The number of benzene rings is 1. The van der Waals surface area contributed by atoms with Gasteiger partial charge in [0.15, 0.2) is 0 Å². The van der Waals surface area contributed by atoms with E-state index in [1.54, 1.807) is 16.2 Å². The Labute approximate surface area is 268 Å². The van der Waals surface area contributed by atoms with Crippen molar-refractivity contribution in [1.82, 2.24) is 35.1 Å². The Balaban J connectivity index is 1.12. The minimum atomic E-state index is -0.534. The van der Waals surface area contributed by atoms with Gasteiger partial charge in [0, 0.05) is 23.5 Å². The molecule has 45 heavy (non-hydrogen) atoms. The summed E-state index contributed by atoms with van der Waals surface area (Å²) in [5.74, 6) is 1.62. The number of nitrogens with zero attached hydrogens (tertiary/aromatic N) is 4. The smallest absolute Gasteiger partial charge is 0.410 e. The highest BCUT2D eigenvalue weighted by molar-refractivity contribution is 7.18. The molecule has 3 N–H and O–H groups in total. The Hall–Kier alpha value is -4.12. The van der Waals surface area contributed by atoms with Crippen LogP contribution in [-0.4, -0.2) is 66.1 Å². The number of amides is 3. The maximum atomic E-state index is 12.9. The monoisotopic (exact) mass is 629 g/mol. The van der Waals surface area contributed by atoms with Gasteiger partial charge in [0.25, 0.3) is 0 Å². The van der Waals surface area contributed by atoms with E-state index in [1.165, 1.54) is 0 Å². The van der Waals surface area contributed by atoms with Crippen LogP contribution in [0.5, 0.6) is 0 Å². The first-order valence-electron chi connectivity index (χ1n) is 15.7. The van der Waals surface area contributed by atoms with Gasteiger partial charge in [-0.15, -0.1) is 11.3 Å². The Morgan fingerprint density at radius 1 is 0.800 bits per heavy atom. The molecule has 5 heterocycles. The topological polar surface area (TPSA) is 119 Å². The molecule has 0 bridgehead atoms. The lowest BCUT2D eigenvalue weighted by atomic mass is 10.1. The number of H-pyrrole nitrogens is 2. The minimum Gasteiger partial charge on any atom is -0.444 e. The molecule has 3 amide bonds. The molecule has 2 unspecified atom stereocenters. The Bertz CT molecular complexity index is 1660. The van der Waals surface area contributed by atoms with E-state index in [1.807, 2.05) is 58.8 Å². The number of aromatic nitrogens is 4. The number of thiophene rings is 1. The molecule has 0 radical (unpaired) electrons. The highest BCUT2D eigenvalue weighted by Gasteiger charge is 2.35. The van der Waals surface area contributed by atoms with Gasteiger partial charge in [0.1, 0.15) is 17.2 Å². The van der Waals surface area contributed by atoms with Crippen molar-refractivity contribution in [3.63, 3.8) is 0 Å². The van der Waals surface area contributed by atoms with Crippen molar-refractivity contribution in [3.8, 4) is 32.3 Å². The van der Waals surface area contributed by atoms with Gasteiger partial charge in [-0.2, -0.15) is 0 Å². The minimum absolute atomic E-state index is 0.0460. The highest BCUT2D eigenvalue weighted by Crippen LogP contribution is 2.37. The summed E-state index contributed by atoms with van der Waals surface area (Å²) in [7, 11) is 0. The molecule has 0 saturated carbocycles. The van der Waals surface area contributed by atoms with Crippen LogP contribution >= 0.6 is 11.3 Å². The zero-order chi connectivity index (χ0) is 31.9. The van der Waals surface area contributed by atoms with Crippen LogP contribution in [0.15, 0.2) is 48.8 Å². The molecule has 0 aliphatic carbocycles. The summed E-state index contributed by atoms with van der Waals surface area (Å²) < 4.78 is 5.63. The molecular formula is C34H43N7O3S. The van der Waals surface area contributed by atoms with Crippen LogP contribution in [0.2, 0.25) is 0 Å². The third-order valence-electron chi connectivity index (χ3n) is 8.05. The lowest BCUT2D eigenvalue weighted by Crippen LogP contribution is -2.48. The standard InChI is InChI=1S/C34H43N7O3S/c1-33(2,3)39-31(42)40-17-7-9-25(40)29-35-19-23(37-29)21-11-13-22(14-12-21)27-15-16-28(45-27)24-20-36-30(38-24)26-10-8-18-41(26)32(43)44-34(4,5)6/h11-16,19-20,25-26H,7-10,17-18H2,1-6H3,(H,35,37)(H,36,38)(H,39,42). The second kappa shape index (κ2) is 12.0. The van der Waals surface area contributed by atoms with Gasteiger partial charge in [-0.25, -0.2) is 19.6 Å². The summed E-state index contributed by atoms with van der Waals surface area (Å²) in [5.41, 5.74) is 3.23. The van der Waals surface area contributed by atoms with E-state index in [0.29, 0.717) is 6.54 Å². The number of hydrogen-bond acceptors (Lipinski definition) is 6. The molecule has 2 atom stereocenters. The fraction of sp³-hybridized carbons (Fsp3) is 0.471. The van der Waals surface area contributed by atoms with E-state index in [-0.39, 0.29) is 29.7 Å². The number of carbonyl (C=O) groups excluding carboxylic acids is 2. The van der Waals surface area contributed by atoms with Gasteiger partial charge in [-0.1, -0.05) is 24.3 Å². The van der Waals surface area contributed by atoms with Crippen molar-refractivity contribution < 1.29 is 14.3 Å². The largest absolute Gasteiger partial charge is 0.444 e. The molecule has 11 heteroatoms. The Kier molecular flexibility index (Phi) is 8.24. The second-order valence-corrected chi connectivity index (χ2v) is 15.1. The number of urea groups is 1. The molecule has 2 saturated heterocycles. The Morgan fingerprint density at radius 3 is 2.00 bits per heavy atom. The summed E-state index contributed by atoms with van der Waals surface area (Å²) >= 11 is 1.70. The van der Waals surface area contributed by atoms with Crippen molar-refractivity contribution in [3.05, 3.63) is 60.4 Å². The van der Waals surface area contributed by atoms with E-state index in [2.05, 4.69) is 61.7 Å². The third-order valence-corrected chi connectivity index (χ3v) is 9.22. The highest BCUT2D eigenvalue weighted by atomic mass is 32.1. The SMILES string of the molecule is CC(C)(C)NC(=O)N1CCCC1c1ncc(-c2ccc(-c3ccc(-c4cnc(C5CCCN5C(=O)OC(C)(C)C)[nH]4)s3)cc2)[nH]1. The molecule has 2 fully saturated rings. The molecule has 238 valence electrons. The number of nitrogens with one attached hydrogen (secondary N) is 3. The molecule has 1 aromatic carbocycles. The average molecular weight is 630 g/mol. The van der Waals surface area contributed by atoms with Gasteiger partial charge >= 0.3 is 12.1 Å². The predicted octanol–water partition coefficient (Wildman–Crippen LogP) is 7.91. The molecule has 4 aromatic rings. The molecule has 2 aliphatic rings. The number of carbonyl (C=O) groups is 2. The number of likely N-dealkylation sites (tertiary alicyclic amines) is 2. The van der Waals surface area contributed by atoms with Crippen LogP contribution in [0, 0.1) is 0 Å². The van der Waals surface area contributed by atoms with E-state index >= 15 is 0 Å². The van der Waals surface area contributed by atoms with Crippen LogP contribution in [-0.2, 0) is 4.74 Å². The summed E-state index contributed by atoms with van der Waals surface area (Å²) in [4.78, 5) is 47.8. The fourth-order valence-electron chi connectivity index (χ4n) is 6.01. The predicted molar refractivity (Wildman–Crippen MR) is 177 cm³/mol. The second-order valence-electron chi connectivity index (χ2n) is 14.0. The van der Waals surface area contributed by atoms with Crippen molar-refractivity contribution in [2.45, 2.75) is 90.4 Å². The van der Waals surface area contributed by atoms with Crippen LogP contribution in [0.4, 0.5) is 9.59 Å². The van der Waals surface area contributed by atoms with E-state index in [9.17, 15) is 9.59 Å². The van der Waals surface area contributed by atoms with Crippen molar-refractivity contribution in [1.29, 1.82) is 0 Å². The van der Waals surface area contributed by atoms with Crippen molar-refractivity contribution >= 4 is 23.5 Å². The van der Waals surface area contributed by atoms with Crippen molar-refractivity contribution in [2.24, 2.45) is 0 Å². The van der Waals surface area contributed by atoms with Gasteiger partial charge in [-0.3, -0.25) is 4.90 Å². The van der Waals surface area contributed by atoms with Gasteiger partial charge < -0.3 is 24.9 Å². The first kappa shape index (κ1) is 30.9. The molecule has 0 spiro atoms. The summed E-state index contributed by atoms with van der Waals surface area (Å²) in [6.45, 7) is 13.0. The molecule has 2 aliphatic heterocycles. The normalized spacial score (nSPS) is 18.9.